The highest BCUT2D eigenvalue weighted by Crippen LogP contribution is 2.35. The van der Waals surface area contributed by atoms with E-state index >= 15 is 0 Å². The summed E-state index contributed by atoms with van der Waals surface area (Å²) in [7, 11) is 0. The van der Waals surface area contributed by atoms with Gasteiger partial charge in [0.05, 0.1) is 6.61 Å². The Bertz CT molecular complexity index is 1000. The maximum atomic E-state index is 6.26. The van der Waals surface area contributed by atoms with Gasteiger partial charge in [-0.3, -0.25) is 4.90 Å². The first-order valence-corrected chi connectivity index (χ1v) is 11.2. The second-order valence-electron chi connectivity index (χ2n) is 8.91. The van der Waals surface area contributed by atoms with Crippen molar-refractivity contribution in [3.8, 4) is 17.4 Å². The quantitative estimate of drug-likeness (QED) is 0.446. The van der Waals surface area contributed by atoms with E-state index in [0.29, 0.717) is 18.2 Å². The van der Waals surface area contributed by atoms with Crippen LogP contribution in [0.3, 0.4) is 0 Å². The van der Waals surface area contributed by atoms with Crippen LogP contribution >= 0.6 is 11.6 Å². The zero-order valence-electron chi connectivity index (χ0n) is 18.2. The molecule has 0 spiro atoms. The molecule has 0 fully saturated rings. The minimum Gasteiger partial charge on any atom is -0.489 e. The number of nitrogens with zero attached hydrogens (tertiary/aromatic N) is 2. The van der Waals surface area contributed by atoms with Gasteiger partial charge in [0.1, 0.15) is 0 Å². The average Bonchev–Trinajstić information content (AvgIpc) is 2.76. The standard InChI is InChI=1S/C26H29ClN2O2/c1-26(2)14-6-16-29(17-20-10-12-22(27)13-11-20)18-21-7-5-15-28-25(21)31-24-9-4-3-8-23(24)30-19-26/h3-5,7-13,15H,6,14,16-19H2,1-2H3. The second-order valence-corrected chi connectivity index (χ2v) is 9.35. The van der Waals surface area contributed by atoms with Crippen molar-refractivity contribution < 1.29 is 9.47 Å². The first kappa shape index (κ1) is 21.7. The van der Waals surface area contributed by atoms with Crippen molar-refractivity contribution in [1.82, 2.24) is 9.88 Å². The fourth-order valence-corrected chi connectivity index (χ4v) is 3.95. The lowest BCUT2D eigenvalue weighted by Gasteiger charge is -2.27. The fraction of sp³-hybridized carbons (Fsp3) is 0.346. The van der Waals surface area contributed by atoms with E-state index in [1.165, 1.54) is 5.56 Å². The smallest absolute Gasteiger partial charge is 0.223 e. The Hall–Kier alpha value is -2.56. The van der Waals surface area contributed by atoms with Crippen LogP contribution < -0.4 is 9.47 Å². The van der Waals surface area contributed by atoms with Crippen LogP contribution in [-0.2, 0) is 13.1 Å². The molecule has 0 amide bonds. The molecule has 0 unspecified atom stereocenters. The molecule has 0 N–H and O–H groups in total. The van der Waals surface area contributed by atoms with E-state index in [-0.39, 0.29) is 5.41 Å². The first-order chi connectivity index (χ1) is 15.0. The van der Waals surface area contributed by atoms with Crippen molar-refractivity contribution in [1.29, 1.82) is 0 Å². The van der Waals surface area contributed by atoms with Gasteiger partial charge in [-0.1, -0.05) is 55.8 Å². The Morgan fingerprint density at radius 2 is 1.77 bits per heavy atom. The third-order valence-corrected chi connectivity index (χ3v) is 5.82. The summed E-state index contributed by atoms with van der Waals surface area (Å²) in [5.74, 6) is 2.07. The Kier molecular flexibility index (Phi) is 6.79. The van der Waals surface area contributed by atoms with Gasteiger partial charge in [0.2, 0.25) is 5.88 Å². The van der Waals surface area contributed by atoms with E-state index in [9.17, 15) is 0 Å². The normalized spacial score (nSPS) is 17.0. The SMILES string of the molecule is CC1(C)CCCN(Cc2ccc(Cl)cc2)Cc2cccnc2Oc2ccccc2OC1. The zero-order chi connectivity index (χ0) is 21.7. The summed E-state index contributed by atoms with van der Waals surface area (Å²) >= 11 is 6.08. The van der Waals surface area contributed by atoms with Crippen LogP contribution in [0.5, 0.6) is 17.4 Å². The number of rotatable bonds is 2. The van der Waals surface area contributed by atoms with E-state index in [1.807, 2.05) is 42.5 Å². The molecule has 2 aromatic carbocycles. The second kappa shape index (κ2) is 9.71. The lowest BCUT2D eigenvalue weighted by Crippen LogP contribution is -2.27. The maximum absolute atomic E-state index is 6.26. The molecule has 0 atom stereocenters. The van der Waals surface area contributed by atoms with Gasteiger partial charge < -0.3 is 9.47 Å². The number of fused-ring (bicyclic) bond motifs is 2. The maximum Gasteiger partial charge on any atom is 0.223 e. The molecule has 2 heterocycles. The highest BCUT2D eigenvalue weighted by atomic mass is 35.5. The highest BCUT2D eigenvalue weighted by Gasteiger charge is 2.22. The van der Waals surface area contributed by atoms with E-state index < -0.39 is 0 Å². The van der Waals surface area contributed by atoms with Crippen molar-refractivity contribution in [2.45, 2.75) is 39.8 Å². The summed E-state index contributed by atoms with van der Waals surface area (Å²) in [6.45, 7) is 7.74. The predicted molar refractivity (Wildman–Crippen MR) is 125 cm³/mol. The molecule has 1 aliphatic rings. The van der Waals surface area contributed by atoms with Crippen LogP contribution in [0.15, 0.2) is 66.9 Å². The van der Waals surface area contributed by atoms with Crippen LogP contribution in [0, 0.1) is 5.41 Å². The molecule has 0 aliphatic carbocycles. The van der Waals surface area contributed by atoms with Gasteiger partial charge in [-0.25, -0.2) is 4.98 Å². The number of ether oxygens (including phenoxy) is 2. The van der Waals surface area contributed by atoms with Gasteiger partial charge in [-0.2, -0.15) is 0 Å². The number of pyridine rings is 1. The molecule has 0 bridgehead atoms. The summed E-state index contributed by atoms with van der Waals surface area (Å²) in [6.07, 6.45) is 3.93. The summed E-state index contributed by atoms with van der Waals surface area (Å²) in [5.41, 5.74) is 2.37. The molecule has 4 rings (SSSR count). The van der Waals surface area contributed by atoms with Gasteiger partial charge in [-0.15, -0.1) is 0 Å². The van der Waals surface area contributed by atoms with Gasteiger partial charge in [0.15, 0.2) is 11.5 Å². The highest BCUT2D eigenvalue weighted by molar-refractivity contribution is 6.30. The zero-order valence-corrected chi connectivity index (χ0v) is 18.9. The molecule has 0 saturated heterocycles. The Morgan fingerprint density at radius 1 is 1.00 bits per heavy atom. The summed E-state index contributed by atoms with van der Waals surface area (Å²) in [6, 6.07) is 20.0. The van der Waals surface area contributed by atoms with Gasteiger partial charge in [-0.05, 0) is 60.7 Å². The Morgan fingerprint density at radius 3 is 2.58 bits per heavy atom. The number of aromatic nitrogens is 1. The minimum absolute atomic E-state index is 0.0677. The van der Waals surface area contributed by atoms with Gasteiger partial charge >= 0.3 is 0 Å². The van der Waals surface area contributed by atoms with E-state index in [4.69, 9.17) is 21.1 Å². The summed E-state index contributed by atoms with van der Waals surface area (Å²) in [5, 5.41) is 0.761. The molecule has 5 heteroatoms. The van der Waals surface area contributed by atoms with Crippen LogP contribution in [0.1, 0.15) is 37.8 Å². The molecule has 31 heavy (non-hydrogen) atoms. The van der Waals surface area contributed by atoms with Crippen LogP contribution in [0.4, 0.5) is 0 Å². The van der Waals surface area contributed by atoms with Crippen molar-refractivity contribution >= 4 is 11.6 Å². The van der Waals surface area contributed by atoms with Gasteiger partial charge in [0.25, 0.3) is 0 Å². The molecule has 162 valence electrons. The largest absolute Gasteiger partial charge is 0.489 e. The Balaban J connectivity index is 1.65. The monoisotopic (exact) mass is 436 g/mol. The van der Waals surface area contributed by atoms with Crippen molar-refractivity contribution in [2.75, 3.05) is 13.2 Å². The molecule has 0 radical (unpaired) electrons. The molecule has 3 aromatic rings. The van der Waals surface area contributed by atoms with Crippen LogP contribution in [-0.4, -0.2) is 23.0 Å². The first-order valence-electron chi connectivity index (χ1n) is 10.8. The number of hydrogen-bond acceptors (Lipinski definition) is 4. The summed E-state index contributed by atoms with van der Waals surface area (Å²) < 4.78 is 12.4. The van der Waals surface area contributed by atoms with E-state index in [0.717, 1.165) is 48.8 Å². The van der Waals surface area contributed by atoms with Crippen molar-refractivity contribution in [3.05, 3.63) is 83.0 Å². The van der Waals surface area contributed by atoms with Crippen molar-refractivity contribution in [2.24, 2.45) is 5.41 Å². The van der Waals surface area contributed by atoms with Crippen LogP contribution in [0.2, 0.25) is 5.02 Å². The lowest BCUT2D eigenvalue weighted by atomic mass is 9.88. The third kappa shape index (κ3) is 5.99. The molecular weight excluding hydrogens is 408 g/mol. The molecular formula is C26H29ClN2O2. The van der Waals surface area contributed by atoms with Gasteiger partial charge in [0, 0.05) is 29.9 Å². The number of hydrogen-bond donors (Lipinski definition) is 0. The average molecular weight is 437 g/mol. The number of benzene rings is 2. The fourth-order valence-electron chi connectivity index (χ4n) is 3.82. The van der Waals surface area contributed by atoms with E-state index in [1.54, 1.807) is 6.20 Å². The molecule has 1 aliphatic heterocycles. The van der Waals surface area contributed by atoms with Crippen LogP contribution in [0.25, 0.3) is 0 Å². The number of halogens is 1. The topological polar surface area (TPSA) is 34.6 Å². The third-order valence-electron chi connectivity index (χ3n) is 5.57. The lowest BCUT2D eigenvalue weighted by molar-refractivity contribution is 0.154. The molecule has 1 aromatic heterocycles. The molecule has 4 nitrogen and oxygen atoms in total. The molecule has 0 saturated carbocycles. The Labute approximate surface area is 189 Å². The van der Waals surface area contributed by atoms with E-state index in [2.05, 4.69) is 41.9 Å². The summed E-state index contributed by atoms with van der Waals surface area (Å²) in [4.78, 5) is 6.98. The minimum atomic E-state index is 0.0677. The predicted octanol–water partition coefficient (Wildman–Crippen LogP) is 6.73. The number of para-hydroxylation sites is 2. The van der Waals surface area contributed by atoms with Crippen molar-refractivity contribution in [3.63, 3.8) is 0 Å².